The number of aromatic nitrogens is 1. The van der Waals surface area contributed by atoms with Crippen LogP contribution in [0.25, 0.3) is 10.9 Å². The zero-order chi connectivity index (χ0) is 33.6. The molecule has 4 aliphatic carbocycles. The first-order valence-electron chi connectivity index (χ1n) is 17.0. The first kappa shape index (κ1) is 33.1. The minimum atomic E-state index is -1.59. The molecule has 0 spiro atoms. The Balaban J connectivity index is 1.02. The predicted molar refractivity (Wildman–Crippen MR) is 173 cm³/mol. The Labute approximate surface area is 275 Å². The normalized spacial score (nSPS) is 32.0. The summed E-state index contributed by atoms with van der Waals surface area (Å²) in [6, 6.07) is 6.68. The number of fused-ring (bicyclic) bond motifs is 6. The molecule has 1 heterocycles. The molecular formula is C37H46N2O8. The number of benzene rings is 1. The van der Waals surface area contributed by atoms with E-state index in [9.17, 15) is 29.1 Å². The van der Waals surface area contributed by atoms with E-state index < -0.39 is 47.3 Å². The summed E-state index contributed by atoms with van der Waals surface area (Å²) in [5, 5.41) is 15.5. The van der Waals surface area contributed by atoms with Crippen molar-refractivity contribution < 1.29 is 38.6 Å². The van der Waals surface area contributed by atoms with Gasteiger partial charge in [0.25, 0.3) is 0 Å². The van der Waals surface area contributed by atoms with Gasteiger partial charge in [-0.05, 0) is 85.8 Å². The highest BCUT2D eigenvalue weighted by molar-refractivity contribution is 5.93. The molecule has 1 aromatic carbocycles. The number of rotatable bonds is 10. The number of hydrogen-bond acceptors (Lipinski definition) is 8. The quantitative estimate of drug-likeness (QED) is 0.319. The number of aliphatic hydroxyl groups is 1. The van der Waals surface area contributed by atoms with Gasteiger partial charge in [0.15, 0.2) is 12.4 Å². The molecule has 0 radical (unpaired) electrons. The Hall–Kier alpha value is -3.79. The van der Waals surface area contributed by atoms with Crippen LogP contribution in [0.15, 0.2) is 42.1 Å². The summed E-state index contributed by atoms with van der Waals surface area (Å²) in [5.41, 5.74) is 0.819. The largest absolute Gasteiger partial charge is 0.467 e. The molecule has 7 atom stereocenters. The summed E-state index contributed by atoms with van der Waals surface area (Å²) in [7, 11) is 1.25. The SMILES string of the molecule is COC(=O)[C@H](Cc1c[nH]c2ccccc12)NC(=O)CCC(=O)OCC(=O)[C@@]1(O)CC[C@@H]2[C@H]3CCC4=CC(=O)CC[C@]4(C)[C@H]3CC[C@@]21C. The lowest BCUT2D eigenvalue weighted by molar-refractivity contribution is -0.170. The van der Waals surface area contributed by atoms with Crippen molar-refractivity contribution in [3.63, 3.8) is 0 Å². The van der Waals surface area contributed by atoms with Gasteiger partial charge in [-0.2, -0.15) is 0 Å². The average Bonchev–Trinajstić information content (AvgIpc) is 3.60. The number of methoxy groups -OCH3 is 1. The molecule has 1 aromatic heterocycles. The Morgan fingerprint density at radius 2 is 1.79 bits per heavy atom. The first-order chi connectivity index (χ1) is 22.4. The molecule has 0 bridgehead atoms. The number of nitrogens with one attached hydrogen (secondary N) is 2. The van der Waals surface area contributed by atoms with Gasteiger partial charge in [-0.25, -0.2) is 4.79 Å². The maximum absolute atomic E-state index is 13.5. The number of hydrogen-bond donors (Lipinski definition) is 3. The van der Waals surface area contributed by atoms with Crippen LogP contribution in [-0.4, -0.2) is 64.9 Å². The van der Waals surface area contributed by atoms with E-state index >= 15 is 0 Å². The standard InChI is InChI=1S/C37H46N2O8/c1-35-15-12-24(40)19-23(35)8-9-26-27(35)13-16-36(2)28(26)14-17-37(36,45)31(41)21-47-33(43)11-10-32(42)39-30(34(44)46-3)18-22-20-38-29-7-5-4-6-25(22)29/h4-7,19-20,26-28,30,38,45H,8-18,21H2,1-3H3,(H,39,42)/t26-,27-,28+,30-,35-,36-,37-/m0/s1. The number of ketones is 2. The number of amides is 1. The van der Waals surface area contributed by atoms with Crippen molar-refractivity contribution >= 4 is 40.3 Å². The predicted octanol–water partition coefficient (Wildman–Crippen LogP) is 4.52. The van der Waals surface area contributed by atoms with Gasteiger partial charge in [0.05, 0.1) is 13.5 Å². The summed E-state index contributed by atoms with van der Waals surface area (Å²) < 4.78 is 10.2. The molecule has 3 fully saturated rings. The summed E-state index contributed by atoms with van der Waals surface area (Å²) in [4.78, 5) is 66.7. The minimum absolute atomic E-state index is 0.00200. The molecule has 252 valence electrons. The molecular weight excluding hydrogens is 600 g/mol. The van der Waals surface area contributed by atoms with Crippen molar-refractivity contribution in [2.75, 3.05) is 13.7 Å². The third kappa shape index (κ3) is 5.83. The van der Waals surface area contributed by atoms with E-state index in [4.69, 9.17) is 9.47 Å². The number of ether oxygens (including phenoxy) is 2. The van der Waals surface area contributed by atoms with E-state index in [0.717, 1.165) is 48.6 Å². The lowest BCUT2D eigenvalue weighted by Crippen LogP contribution is -2.58. The van der Waals surface area contributed by atoms with Crippen LogP contribution in [0.1, 0.15) is 83.6 Å². The number of esters is 2. The van der Waals surface area contributed by atoms with Crippen LogP contribution in [0, 0.1) is 28.6 Å². The number of allylic oxidation sites excluding steroid dienone is 1. The summed E-state index contributed by atoms with van der Waals surface area (Å²) in [6.07, 6.45) is 9.31. The van der Waals surface area contributed by atoms with Crippen LogP contribution in [0.4, 0.5) is 0 Å². The van der Waals surface area contributed by atoms with Crippen molar-refractivity contribution in [3.05, 3.63) is 47.7 Å². The van der Waals surface area contributed by atoms with Gasteiger partial charge >= 0.3 is 11.9 Å². The van der Waals surface area contributed by atoms with Crippen molar-refractivity contribution in [2.45, 2.75) is 96.1 Å². The molecule has 0 aliphatic heterocycles. The number of H-pyrrole nitrogens is 1. The van der Waals surface area contributed by atoms with Gasteiger partial charge in [0.1, 0.15) is 11.6 Å². The van der Waals surface area contributed by atoms with Gasteiger partial charge in [-0.1, -0.05) is 37.6 Å². The second-order valence-corrected chi connectivity index (χ2v) is 14.6. The molecule has 1 amide bonds. The van der Waals surface area contributed by atoms with Crippen LogP contribution in [0.5, 0.6) is 0 Å². The molecule has 0 unspecified atom stereocenters. The molecule has 2 aromatic rings. The number of carbonyl (C=O) groups is 5. The molecule has 10 heteroatoms. The summed E-state index contributed by atoms with van der Waals surface area (Å²) in [6.45, 7) is 3.78. The van der Waals surface area contributed by atoms with Gasteiger partial charge < -0.3 is 24.9 Å². The van der Waals surface area contributed by atoms with E-state index in [-0.39, 0.29) is 36.4 Å². The van der Waals surface area contributed by atoms with E-state index in [1.165, 1.54) is 12.7 Å². The fourth-order valence-corrected chi connectivity index (χ4v) is 9.71. The minimum Gasteiger partial charge on any atom is -0.467 e. The van der Waals surface area contributed by atoms with E-state index in [1.54, 1.807) is 6.20 Å². The van der Waals surface area contributed by atoms with E-state index in [2.05, 4.69) is 17.2 Å². The zero-order valence-corrected chi connectivity index (χ0v) is 27.6. The van der Waals surface area contributed by atoms with Gasteiger partial charge in [-0.15, -0.1) is 0 Å². The van der Waals surface area contributed by atoms with Crippen molar-refractivity contribution in [1.82, 2.24) is 10.3 Å². The fourth-order valence-electron chi connectivity index (χ4n) is 9.71. The molecule has 47 heavy (non-hydrogen) atoms. The lowest BCUT2D eigenvalue weighted by atomic mass is 9.46. The molecule has 6 rings (SSSR count). The second kappa shape index (κ2) is 12.7. The molecule has 4 aliphatic rings. The molecule has 3 N–H and O–H groups in total. The highest BCUT2D eigenvalue weighted by atomic mass is 16.5. The number of aromatic amines is 1. The summed E-state index contributed by atoms with van der Waals surface area (Å²) in [5.74, 6) is -1.14. The van der Waals surface area contributed by atoms with Gasteiger partial charge in [0, 0.05) is 41.8 Å². The number of Topliss-reactive ketones (excluding diaryl/α,β-unsaturated/α-hetero) is 1. The third-order valence-corrected chi connectivity index (χ3v) is 12.4. The highest BCUT2D eigenvalue weighted by Crippen LogP contribution is 2.67. The van der Waals surface area contributed by atoms with Gasteiger partial charge in [0.2, 0.25) is 11.7 Å². The Kier molecular flexibility index (Phi) is 8.93. The Morgan fingerprint density at radius 3 is 2.57 bits per heavy atom. The van der Waals surface area contributed by atoms with Crippen LogP contribution >= 0.6 is 0 Å². The van der Waals surface area contributed by atoms with Crippen molar-refractivity contribution in [1.29, 1.82) is 0 Å². The molecule has 3 saturated carbocycles. The van der Waals surface area contributed by atoms with Crippen molar-refractivity contribution in [2.24, 2.45) is 28.6 Å². The second-order valence-electron chi connectivity index (χ2n) is 14.6. The zero-order valence-electron chi connectivity index (χ0n) is 27.6. The third-order valence-electron chi connectivity index (χ3n) is 12.4. The Morgan fingerprint density at radius 1 is 1.02 bits per heavy atom. The van der Waals surface area contributed by atoms with Gasteiger partial charge in [-0.3, -0.25) is 19.2 Å². The van der Waals surface area contributed by atoms with Crippen LogP contribution in [0.2, 0.25) is 0 Å². The average molecular weight is 647 g/mol. The fraction of sp³-hybridized carbons (Fsp3) is 0.595. The number of para-hydroxylation sites is 1. The lowest BCUT2D eigenvalue weighted by Gasteiger charge is -2.58. The molecule has 10 nitrogen and oxygen atoms in total. The topological polar surface area (TPSA) is 152 Å². The van der Waals surface area contributed by atoms with E-state index in [1.807, 2.05) is 37.3 Å². The van der Waals surface area contributed by atoms with Crippen LogP contribution in [-0.2, 0) is 39.9 Å². The maximum Gasteiger partial charge on any atom is 0.328 e. The first-order valence-corrected chi connectivity index (χ1v) is 17.0. The van der Waals surface area contributed by atoms with E-state index in [0.29, 0.717) is 31.1 Å². The van der Waals surface area contributed by atoms with Crippen LogP contribution in [0.3, 0.4) is 0 Å². The highest BCUT2D eigenvalue weighted by Gasteiger charge is 2.66. The van der Waals surface area contributed by atoms with Crippen molar-refractivity contribution in [3.8, 4) is 0 Å². The smallest absolute Gasteiger partial charge is 0.328 e. The summed E-state index contributed by atoms with van der Waals surface area (Å²) >= 11 is 0. The monoisotopic (exact) mass is 646 g/mol. The maximum atomic E-state index is 13.5. The number of carbonyl (C=O) groups excluding carboxylic acids is 5. The molecule has 0 saturated heterocycles. The van der Waals surface area contributed by atoms with Crippen LogP contribution < -0.4 is 5.32 Å². The Bertz CT molecular complexity index is 1630.